The first-order chi connectivity index (χ1) is 9.58. The Hall–Kier alpha value is -1.51. The largest absolute Gasteiger partial charge is 0.395 e. The molecule has 1 fully saturated rings. The zero-order valence-electron chi connectivity index (χ0n) is 12.2. The van der Waals surface area contributed by atoms with Crippen LogP contribution in [0.1, 0.15) is 5.82 Å². The molecule has 1 aromatic heterocycles. The van der Waals surface area contributed by atoms with Crippen molar-refractivity contribution in [2.45, 2.75) is 6.54 Å². The maximum atomic E-state index is 8.93. The van der Waals surface area contributed by atoms with Gasteiger partial charge in [-0.1, -0.05) is 0 Å². The first-order valence-corrected chi connectivity index (χ1v) is 6.82. The van der Waals surface area contributed by atoms with Crippen LogP contribution < -0.4 is 10.6 Å². The quantitative estimate of drug-likeness (QED) is 0.682. The Kier molecular flexibility index (Phi) is 5.05. The Morgan fingerprint density at radius 2 is 1.75 bits per heavy atom. The summed E-state index contributed by atoms with van der Waals surface area (Å²) in [5.41, 5.74) is 5.72. The number of aliphatic hydroxyl groups is 1. The van der Waals surface area contributed by atoms with Gasteiger partial charge in [-0.05, 0) is 0 Å². The summed E-state index contributed by atoms with van der Waals surface area (Å²) in [4.78, 5) is 19.1. The van der Waals surface area contributed by atoms with Crippen molar-refractivity contribution in [1.29, 1.82) is 0 Å². The predicted octanol–water partition coefficient (Wildman–Crippen LogP) is -1.37. The molecule has 2 rings (SSSR count). The van der Waals surface area contributed by atoms with Crippen molar-refractivity contribution >= 4 is 11.9 Å². The van der Waals surface area contributed by atoms with E-state index in [1.54, 1.807) is 0 Å². The molecule has 0 bridgehead atoms. The molecule has 8 nitrogen and oxygen atoms in total. The Bertz CT molecular complexity index is 432. The molecule has 1 saturated heterocycles. The van der Waals surface area contributed by atoms with Crippen LogP contribution in [0.4, 0.5) is 11.9 Å². The van der Waals surface area contributed by atoms with Gasteiger partial charge in [-0.25, -0.2) is 0 Å². The molecule has 3 N–H and O–H groups in total. The van der Waals surface area contributed by atoms with Crippen molar-refractivity contribution in [1.82, 2.24) is 24.8 Å². The number of rotatable bonds is 5. The van der Waals surface area contributed by atoms with Crippen molar-refractivity contribution < 1.29 is 5.11 Å². The van der Waals surface area contributed by atoms with Gasteiger partial charge in [-0.15, -0.1) is 0 Å². The highest BCUT2D eigenvalue weighted by Crippen LogP contribution is 2.09. The summed E-state index contributed by atoms with van der Waals surface area (Å²) < 4.78 is 0. The molecule has 0 radical (unpaired) electrons. The number of nitrogens with zero attached hydrogens (tertiary/aromatic N) is 6. The monoisotopic (exact) mass is 281 g/mol. The van der Waals surface area contributed by atoms with Crippen LogP contribution in [0.25, 0.3) is 0 Å². The fraction of sp³-hybridized carbons (Fsp3) is 0.750. The minimum atomic E-state index is 0.218. The number of aliphatic hydroxyl groups excluding tert-OH is 1. The minimum absolute atomic E-state index is 0.218. The number of β-amino-alcohol motifs (C(OH)–C–C–N with tert-alkyl or cyclic N) is 1. The number of piperazine rings is 1. The SMILES string of the molecule is CN(C)c1nc(N)nc(CN2CCN(CCO)CC2)n1. The first-order valence-electron chi connectivity index (χ1n) is 6.82. The highest BCUT2D eigenvalue weighted by Gasteiger charge is 2.18. The molecular weight excluding hydrogens is 258 g/mol. The third-order valence-corrected chi connectivity index (χ3v) is 3.33. The lowest BCUT2D eigenvalue weighted by Gasteiger charge is -2.33. The maximum absolute atomic E-state index is 8.93. The van der Waals surface area contributed by atoms with Crippen LogP contribution in [0.3, 0.4) is 0 Å². The smallest absolute Gasteiger partial charge is 0.229 e. The van der Waals surface area contributed by atoms with Crippen molar-refractivity contribution in [2.24, 2.45) is 0 Å². The van der Waals surface area contributed by atoms with Gasteiger partial charge >= 0.3 is 0 Å². The van der Waals surface area contributed by atoms with Gasteiger partial charge in [-0.2, -0.15) is 15.0 Å². The van der Waals surface area contributed by atoms with Gasteiger partial charge in [0.05, 0.1) is 13.2 Å². The van der Waals surface area contributed by atoms with E-state index < -0.39 is 0 Å². The molecule has 0 saturated carbocycles. The summed E-state index contributed by atoms with van der Waals surface area (Å²) >= 11 is 0. The van der Waals surface area contributed by atoms with Gasteiger partial charge in [0.25, 0.3) is 0 Å². The summed E-state index contributed by atoms with van der Waals surface area (Å²) in [6.45, 7) is 5.46. The first kappa shape index (κ1) is 14.9. The molecule has 20 heavy (non-hydrogen) atoms. The Morgan fingerprint density at radius 1 is 1.10 bits per heavy atom. The topological polar surface area (TPSA) is 94.6 Å². The standard InChI is InChI=1S/C12H23N7O/c1-17(2)12-15-10(14-11(13)16-12)9-19-5-3-18(4-6-19)7-8-20/h20H,3-9H2,1-2H3,(H2,13,14,15,16). The molecule has 0 atom stereocenters. The molecule has 0 spiro atoms. The van der Waals surface area contributed by atoms with E-state index in [9.17, 15) is 0 Å². The highest BCUT2D eigenvalue weighted by atomic mass is 16.3. The molecule has 0 aromatic carbocycles. The minimum Gasteiger partial charge on any atom is -0.395 e. The summed E-state index contributed by atoms with van der Waals surface area (Å²) in [5.74, 6) is 1.56. The molecule has 8 heteroatoms. The zero-order valence-corrected chi connectivity index (χ0v) is 12.2. The second-order valence-electron chi connectivity index (χ2n) is 5.15. The fourth-order valence-corrected chi connectivity index (χ4v) is 2.21. The number of nitrogen functional groups attached to an aromatic ring is 1. The fourth-order valence-electron chi connectivity index (χ4n) is 2.21. The highest BCUT2D eigenvalue weighted by molar-refractivity contribution is 5.32. The normalized spacial score (nSPS) is 17.4. The van der Waals surface area contributed by atoms with Gasteiger partial charge in [-0.3, -0.25) is 9.80 Å². The van der Waals surface area contributed by atoms with Crippen molar-refractivity contribution in [2.75, 3.05) is 64.1 Å². The number of aromatic nitrogens is 3. The van der Waals surface area contributed by atoms with E-state index in [1.165, 1.54) is 0 Å². The van der Waals surface area contributed by atoms with Crippen LogP contribution in [-0.2, 0) is 6.54 Å². The van der Waals surface area contributed by atoms with Crippen LogP contribution in [0.15, 0.2) is 0 Å². The molecule has 2 heterocycles. The summed E-state index contributed by atoms with van der Waals surface area (Å²) in [6.07, 6.45) is 0. The lowest BCUT2D eigenvalue weighted by atomic mass is 10.3. The number of nitrogens with two attached hydrogens (primary N) is 1. The molecule has 0 unspecified atom stereocenters. The number of hydrogen-bond acceptors (Lipinski definition) is 8. The molecule has 112 valence electrons. The van der Waals surface area contributed by atoms with Gasteiger partial charge in [0.1, 0.15) is 5.82 Å². The molecule has 0 aliphatic carbocycles. The summed E-state index contributed by atoms with van der Waals surface area (Å²) in [5, 5.41) is 8.93. The Labute approximate surface area is 119 Å². The van der Waals surface area contributed by atoms with Crippen LogP contribution in [0.2, 0.25) is 0 Å². The van der Waals surface area contributed by atoms with Gasteiger partial charge < -0.3 is 15.7 Å². The van der Waals surface area contributed by atoms with Crippen molar-refractivity contribution in [3.05, 3.63) is 5.82 Å². The second-order valence-corrected chi connectivity index (χ2v) is 5.15. The zero-order chi connectivity index (χ0) is 14.5. The third-order valence-electron chi connectivity index (χ3n) is 3.33. The van der Waals surface area contributed by atoms with E-state index in [0.29, 0.717) is 18.3 Å². The van der Waals surface area contributed by atoms with Crippen LogP contribution in [0.5, 0.6) is 0 Å². The number of hydrogen-bond donors (Lipinski definition) is 2. The van der Waals surface area contributed by atoms with E-state index in [-0.39, 0.29) is 12.6 Å². The second kappa shape index (κ2) is 6.78. The van der Waals surface area contributed by atoms with E-state index >= 15 is 0 Å². The summed E-state index contributed by atoms with van der Waals surface area (Å²) in [7, 11) is 3.76. The van der Waals surface area contributed by atoms with Gasteiger partial charge in [0.2, 0.25) is 11.9 Å². The lowest BCUT2D eigenvalue weighted by Crippen LogP contribution is -2.46. The van der Waals surface area contributed by atoms with E-state index in [1.807, 2.05) is 19.0 Å². The summed E-state index contributed by atoms with van der Waals surface area (Å²) in [6, 6.07) is 0. The number of anilines is 2. The van der Waals surface area contributed by atoms with Crippen molar-refractivity contribution in [3.63, 3.8) is 0 Å². The Morgan fingerprint density at radius 3 is 2.35 bits per heavy atom. The van der Waals surface area contributed by atoms with Crippen LogP contribution in [-0.4, -0.2) is 83.3 Å². The molecule has 1 aliphatic heterocycles. The lowest BCUT2D eigenvalue weighted by molar-refractivity contribution is 0.107. The van der Waals surface area contributed by atoms with E-state index in [0.717, 1.165) is 32.7 Å². The Balaban J connectivity index is 1.94. The molecule has 1 aliphatic rings. The predicted molar refractivity (Wildman–Crippen MR) is 77.4 cm³/mol. The average molecular weight is 281 g/mol. The van der Waals surface area contributed by atoms with E-state index in [4.69, 9.17) is 10.8 Å². The van der Waals surface area contributed by atoms with Crippen LogP contribution >= 0.6 is 0 Å². The maximum Gasteiger partial charge on any atom is 0.229 e. The van der Waals surface area contributed by atoms with Crippen LogP contribution in [0, 0.1) is 0 Å². The van der Waals surface area contributed by atoms with Crippen molar-refractivity contribution in [3.8, 4) is 0 Å². The average Bonchev–Trinajstić information content (AvgIpc) is 2.40. The van der Waals surface area contributed by atoms with E-state index in [2.05, 4.69) is 24.8 Å². The van der Waals surface area contributed by atoms with Gasteiger partial charge in [0, 0.05) is 46.8 Å². The molecule has 0 amide bonds. The molecular formula is C12H23N7O. The third kappa shape index (κ3) is 3.99. The molecule has 1 aromatic rings. The van der Waals surface area contributed by atoms with Gasteiger partial charge in [0.15, 0.2) is 0 Å².